The van der Waals surface area contributed by atoms with Crippen molar-refractivity contribution in [3.05, 3.63) is 54.3 Å². The Hall–Kier alpha value is -3.09. The van der Waals surface area contributed by atoms with Crippen LogP contribution < -0.4 is 15.0 Å². The number of nitrogens with one attached hydrogen (secondary N) is 1. The highest BCUT2D eigenvalue weighted by molar-refractivity contribution is 5.97. The molecule has 2 aromatic rings. The number of anilines is 2. The number of carbonyl (C=O) groups is 2. The van der Waals surface area contributed by atoms with Gasteiger partial charge in [0.1, 0.15) is 12.1 Å². The van der Waals surface area contributed by atoms with Gasteiger partial charge in [-0.25, -0.2) is 4.39 Å². The number of hydrogen-bond acceptors (Lipinski definition) is 4. The zero-order valence-electron chi connectivity index (χ0n) is 18.4. The third kappa shape index (κ3) is 5.21. The maximum absolute atomic E-state index is 14.7. The lowest BCUT2D eigenvalue weighted by molar-refractivity contribution is -0.138. The van der Waals surface area contributed by atoms with Gasteiger partial charge in [0.05, 0.1) is 0 Å². The number of hydrogen-bond donors (Lipinski definition) is 1. The highest BCUT2D eigenvalue weighted by Gasteiger charge is 2.30. The number of likely N-dealkylation sites (tertiary alicyclic amines) is 1. The van der Waals surface area contributed by atoms with Gasteiger partial charge in [0, 0.05) is 56.8 Å². The van der Waals surface area contributed by atoms with Crippen molar-refractivity contribution in [1.29, 1.82) is 0 Å². The number of nitrogens with zero attached hydrogens (tertiary/aromatic N) is 2. The standard InChI is InChI=1S/C25H30FN3O3/c1-18(30)29-14-6-5-9-23(29)25(31)27-19-10-11-24(22(26)17-19)32-21-12-15-28(16-13-21)20-7-3-2-4-8-20/h2-4,7-8,10-11,17,21,23H,5-6,9,12-16H2,1H3,(H,27,31). The summed E-state index contributed by atoms with van der Waals surface area (Å²) in [5.41, 5.74) is 1.56. The summed E-state index contributed by atoms with van der Waals surface area (Å²) in [7, 11) is 0. The number of para-hydroxylation sites is 1. The highest BCUT2D eigenvalue weighted by atomic mass is 19.1. The fraction of sp³-hybridized carbons (Fsp3) is 0.440. The monoisotopic (exact) mass is 439 g/mol. The van der Waals surface area contributed by atoms with Crippen molar-refractivity contribution in [2.75, 3.05) is 29.9 Å². The summed E-state index contributed by atoms with van der Waals surface area (Å²) in [5, 5.41) is 2.76. The van der Waals surface area contributed by atoms with E-state index in [0.717, 1.165) is 38.8 Å². The first-order valence-corrected chi connectivity index (χ1v) is 11.4. The fourth-order valence-corrected chi connectivity index (χ4v) is 4.53. The molecular weight excluding hydrogens is 409 g/mol. The zero-order valence-corrected chi connectivity index (χ0v) is 18.4. The van der Waals surface area contributed by atoms with Crippen LogP contribution in [0.25, 0.3) is 0 Å². The fourth-order valence-electron chi connectivity index (χ4n) is 4.53. The molecule has 0 aliphatic carbocycles. The molecule has 7 heteroatoms. The number of halogens is 1. The van der Waals surface area contributed by atoms with E-state index in [0.29, 0.717) is 18.7 Å². The molecule has 2 aliphatic heterocycles. The molecule has 0 radical (unpaired) electrons. The summed E-state index contributed by atoms with van der Waals surface area (Å²) >= 11 is 0. The molecule has 1 unspecified atom stereocenters. The van der Waals surface area contributed by atoms with Crippen LogP contribution in [0, 0.1) is 5.82 Å². The van der Waals surface area contributed by atoms with Crippen LogP contribution in [0.4, 0.5) is 15.8 Å². The third-order valence-electron chi connectivity index (χ3n) is 6.27. The Labute approximate surface area is 188 Å². The number of carbonyl (C=O) groups excluding carboxylic acids is 2. The van der Waals surface area contributed by atoms with Gasteiger partial charge in [-0.05, 0) is 43.5 Å². The van der Waals surface area contributed by atoms with Crippen molar-refractivity contribution in [2.45, 2.75) is 51.2 Å². The summed E-state index contributed by atoms with van der Waals surface area (Å²) < 4.78 is 20.6. The van der Waals surface area contributed by atoms with E-state index in [1.54, 1.807) is 17.0 Å². The molecule has 2 amide bonds. The summed E-state index contributed by atoms with van der Waals surface area (Å²) in [6.45, 7) is 3.77. The number of piperidine rings is 2. The first kappa shape index (κ1) is 22.1. The van der Waals surface area contributed by atoms with Gasteiger partial charge in [-0.15, -0.1) is 0 Å². The summed E-state index contributed by atoms with van der Waals surface area (Å²) in [6.07, 6.45) is 4.00. The molecule has 6 nitrogen and oxygen atoms in total. The van der Waals surface area contributed by atoms with Crippen LogP contribution in [0.1, 0.15) is 39.0 Å². The maximum atomic E-state index is 14.7. The Bertz CT molecular complexity index is 945. The van der Waals surface area contributed by atoms with Crippen molar-refractivity contribution >= 4 is 23.2 Å². The molecule has 2 aliphatic rings. The molecule has 2 heterocycles. The van der Waals surface area contributed by atoms with Gasteiger partial charge in [-0.3, -0.25) is 9.59 Å². The predicted octanol–water partition coefficient (Wildman–Crippen LogP) is 4.21. The molecule has 2 aromatic carbocycles. The lowest BCUT2D eigenvalue weighted by atomic mass is 10.0. The molecular formula is C25H30FN3O3. The normalized spacial score (nSPS) is 19.5. The topological polar surface area (TPSA) is 61.9 Å². The number of ether oxygens (including phenoxy) is 1. The summed E-state index contributed by atoms with van der Waals surface area (Å²) in [5.74, 6) is -0.691. The molecule has 0 spiro atoms. The van der Waals surface area contributed by atoms with Crippen molar-refractivity contribution < 1.29 is 18.7 Å². The Balaban J connectivity index is 1.32. The lowest BCUT2D eigenvalue weighted by Gasteiger charge is -2.34. The molecule has 0 saturated carbocycles. The van der Waals surface area contributed by atoms with E-state index in [1.165, 1.54) is 18.7 Å². The van der Waals surface area contributed by atoms with E-state index in [9.17, 15) is 14.0 Å². The zero-order chi connectivity index (χ0) is 22.5. The van der Waals surface area contributed by atoms with E-state index in [4.69, 9.17) is 4.74 Å². The quantitative estimate of drug-likeness (QED) is 0.758. The van der Waals surface area contributed by atoms with Gasteiger partial charge < -0.3 is 19.9 Å². The molecule has 0 bridgehead atoms. The second-order valence-electron chi connectivity index (χ2n) is 8.50. The van der Waals surface area contributed by atoms with Crippen molar-refractivity contribution in [1.82, 2.24) is 4.90 Å². The van der Waals surface area contributed by atoms with Crippen LogP contribution in [0.15, 0.2) is 48.5 Å². The van der Waals surface area contributed by atoms with Crippen molar-refractivity contribution in [3.63, 3.8) is 0 Å². The molecule has 4 rings (SSSR count). The molecule has 2 saturated heterocycles. The molecule has 0 aromatic heterocycles. The molecule has 32 heavy (non-hydrogen) atoms. The Kier molecular flexibility index (Phi) is 6.93. The lowest BCUT2D eigenvalue weighted by Crippen LogP contribution is -2.49. The van der Waals surface area contributed by atoms with Gasteiger partial charge in [0.2, 0.25) is 11.8 Å². The van der Waals surface area contributed by atoms with Crippen molar-refractivity contribution in [2.24, 2.45) is 0 Å². The SMILES string of the molecule is CC(=O)N1CCCCC1C(=O)Nc1ccc(OC2CCN(c3ccccc3)CC2)c(F)c1. The Morgan fingerprint density at radius 3 is 2.44 bits per heavy atom. The number of amides is 2. The van der Waals surface area contributed by atoms with Crippen LogP contribution in [0.2, 0.25) is 0 Å². The average Bonchev–Trinajstić information content (AvgIpc) is 2.82. The van der Waals surface area contributed by atoms with Crippen LogP contribution in [0.5, 0.6) is 5.75 Å². The molecule has 170 valence electrons. The molecule has 1 atom stereocenters. The molecule has 1 N–H and O–H groups in total. The minimum absolute atomic E-state index is 0.0451. The van der Waals surface area contributed by atoms with E-state index >= 15 is 0 Å². The second kappa shape index (κ2) is 10.0. The number of rotatable bonds is 5. The van der Waals surface area contributed by atoms with Crippen LogP contribution in [-0.4, -0.2) is 48.5 Å². The van der Waals surface area contributed by atoms with Crippen LogP contribution >= 0.6 is 0 Å². The van der Waals surface area contributed by atoms with Crippen LogP contribution in [-0.2, 0) is 9.59 Å². The predicted molar refractivity (Wildman–Crippen MR) is 122 cm³/mol. The van der Waals surface area contributed by atoms with E-state index in [2.05, 4.69) is 22.3 Å². The Morgan fingerprint density at radius 2 is 1.75 bits per heavy atom. The smallest absolute Gasteiger partial charge is 0.247 e. The largest absolute Gasteiger partial charge is 0.487 e. The van der Waals surface area contributed by atoms with Gasteiger partial charge in [0.15, 0.2) is 11.6 Å². The number of benzene rings is 2. The average molecular weight is 440 g/mol. The minimum atomic E-state index is -0.505. The molecule has 2 fully saturated rings. The summed E-state index contributed by atoms with van der Waals surface area (Å²) in [6, 6.07) is 14.2. The first-order valence-electron chi connectivity index (χ1n) is 11.4. The maximum Gasteiger partial charge on any atom is 0.247 e. The second-order valence-corrected chi connectivity index (χ2v) is 8.50. The summed E-state index contributed by atoms with van der Waals surface area (Å²) in [4.78, 5) is 28.4. The third-order valence-corrected chi connectivity index (χ3v) is 6.27. The minimum Gasteiger partial charge on any atom is -0.487 e. The van der Waals surface area contributed by atoms with E-state index in [-0.39, 0.29) is 23.7 Å². The van der Waals surface area contributed by atoms with E-state index < -0.39 is 11.9 Å². The van der Waals surface area contributed by atoms with E-state index in [1.807, 2.05) is 18.2 Å². The van der Waals surface area contributed by atoms with Gasteiger partial charge in [-0.2, -0.15) is 0 Å². The first-order chi connectivity index (χ1) is 15.5. The van der Waals surface area contributed by atoms with Crippen molar-refractivity contribution in [3.8, 4) is 5.75 Å². The van der Waals surface area contributed by atoms with Gasteiger partial charge >= 0.3 is 0 Å². The van der Waals surface area contributed by atoms with Crippen LogP contribution in [0.3, 0.4) is 0 Å². The highest BCUT2D eigenvalue weighted by Crippen LogP contribution is 2.27. The van der Waals surface area contributed by atoms with Gasteiger partial charge in [-0.1, -0.05) is 18.2 Å². The van der Waals surface area contributed by atoms with Gasteiger partial charge in [0.25, 0.3) is 0 Å². The Morgan fingerprint density at radius 1 is 1.00 bits per heavy atom.